The molecule has 0 aliphatic heterocycles. The minimum absolute atomic E-state index is 0.0248. The Kier molecular flexibility index (Phi) is 81.8. The fourth-order valence-electron chi connectivity index (χ4n) is 14.2. The molecule has 0 aliphatic carbocycles. The maximum atomic E-state index is 12.6. The van der Waals surface area contributed by atoms with Crippen molar-refractivity contribution in [1.29, 1.82) is 0 Å². The molecule has 93 heavy (non-hydrogen) atoms. The van der Waals surface area contributed by atoms with E-state index in [9.17, 15) is 19.8 Å². The van der Waals surface area contributed by atoms with Gasteiger partial charge in [0.25, 0.3) is 0 Å². The van der Waals surface area contributed by atoms with Crippen LogP contribution in [0.15, 0.2) is 12.2 Å². The molecule has 6 nitrogen and oxygen atoms in total. The van der Waals surface area contributed by atoms with E-state index in [1.54, 1.807) is 0 Å². The summed E-state index contributed by atoms with van der Waals surface area (Å²) in [5, 5.41) is 23.5. The Morgan fingerprint density at radius 1 is 0.290 bits per heavy atom. The van der Waals surface area contributed by atoms with Gasteiger partial charge >= 0.3 is 5.97 Å². The summed E-state index contributed by atoms with van der Waals surface area (Å²) >= 11 is 0. The molecule has 0 saturated carbocycles. The fraction of sp³-hybridized carbons (Fsp3) is 0.954. The third-order valence-corrected chi connectivity index (χ3v) is 20.8. The van der Waals surface area contributed by atoms with Crippen LogP contribution in [0, 0.1) is 0 Å². The van der Waals surface area contributed by atoms with E-state index in [0.717, 1.165) is 38.5 Å². The molecule has 3 N–H and O–H groups in total. The molecule has 0 aromatic rings. The summed E-state index contributed by atoms with van der Waals surface area (Å²) in [4.78, 5) is 24.7. The van der Waals surface area contributed by atoms with Crippen molar-refractivity contribution < 1.29 is 24.5 Å². The zero-order chi connectivity index (χ0) is 67.0. The summed E-state index contributed by atoms with van der Waals surface area (Å²) in [6.45, 7) is 5.02. The van der Waals surface area contributed by atoms with Gasteiger partial charge in [0.15, 0.2) is 0 Å². The highest BCUT2D eigenvalue weighted by Crippen LogP contribution is 2.21. The molecule has 6 heteroatoms. The van der Waals surface area contributed by atoms with Gasteiger partial charge in [0.2, 0.25) is 5.91 Å². The van der Waals surface area contributed by atoms with E-state index in [1.165, 1.54) is 437 Å². The number of amides is 1. The molecule has 0 aromatic carbocycles. The Labute approximate surface area is 584 Å². The van der Waals surface area contributed by atoms with Gasteiger partial charge in [-0.05, 0) is 51.4 Å². The maximum Gasteiger partial charge on any atom is 0.305 e. The first-order chi connectivity index (χ1) is 46.0. The van der Waals surface area contributed by atoms with Crippen LogP contribution in [-0.2, 0) is 14.3 Å². The minimum Gasteiger partial charge on any atom is -0.466 e. The van der Waals surface area contributed by atoms with E-state index in [-0.39, 0.29) is 18.5 Å². The van der Waals surface area contributed by atoms with Gasteiger partial charge in [-0.3, -0.25) is 9.59 Å². The van der Waals surface area contributed by atoms with Crippen LogP contribution in [-0.4, -0.2) is 47.4 Å². The molecular weight excluding hydrogens is 1140 g/mol. The van der Waals surface area contributed by atoms with E-state index in [2.05, 4.69) is 31.3 Å². The van der Waals surface area contributed by atoms with Crippen molar-refractivity contribution in [2.75, 3.05) is 13.2 Å². The van der Waals surface area contributed by atoms with Crippen molar-refractivity contribution >= 4 is 11.9 Å². The zero-order valence-corrected chi connectivity index (χ0v) is 63.8. The van der Waals surface area contributed by atoms with Crippen molar-refractivity contribution in [3.8, 4) is 0 Å². The molecule has 0 aliphatic rings. The maximum absolute atomic E-state index is 12.6. The molecule has 0 bridgehead atoms. The van der Waals surface area contributed by atoms with Crippen LogP contribution in [0.5, 0.6) is 0 Å². The Morgan fingerprint density at radius 2 is 0.505 bits per heavy atom. The van der Waals surface area contributed by atoms with Gasteiger partial charge in [0.05, 0.1) is 25.4 Å². The average Bonchev–Trinajstić information content (AvgIpc) is 3.77. The van der Waals surface area contributed by atoms with Crippen molar-refractivity contribution in [3.05, 3.63) is 12.2 Å². The molecule has 0 heterocycles. The van der Waals surface area contributed by atoms with Crippen LogP contribution in [0.1, 0.15) is 508 Å². The third-order valence-electron chi connectivity index (χ3n) is 20.8. The van der Waals surface area contributed by atoms with Gasteiger partial charge in [-0.25, -0.2) is 0 Å². The lowest BCUT2D eigenvalue weighted by atomic mass is 10.0. The SMILES string of the molecule is CCCCCCCCCCCCCCCCCCCCCCC(O)C(CO)NC(=O)CCCCCCCCCCCCCCCCCCC/C=C\CCCCCCCCCCCCCCCCCCCCOC(=O)CCCCCCCCCCCCCCCCCCC. The summed E-state index contributed by atoms with van der Waals surface area (Å²) < 4.78 is 5.52. The summed E-state index contributed by atoms with van der Waals surface area (Å²) in [7, 11) is 0. The van der Waals surface area contributed by atoms with E-state index in [0.29, 0.717) is 25.9 Å². The second kappa shape index (κ2) is 83.0. The van der Waals surface area contributed by atoms with E-state index < -0.39 is 12.1 Å². The summed E-state index contributed by atoms with van der Waals surface area (Å²) in [5.41, 5.74) is 0. The smallest absolute Gasteiger partial charge is 0.305 e. The normalized spacial score (nSPS) is 12.4. The molecule has 2 atom stereocenters. The number of allylic oxidation sites excluding steroid dienone is 2. The van der Waals surface area contributed by atoms with Gasteiger partial charge in [0.1, 0.15) is 0 Å². The molecule has 1 amide bonds. The molecule has 0 radical (unpaired) electrons. The number of carbonyl (C=O) groups excluding carboxylic acids is 2. The van der Waals surface area contributed by atoms with Gasteiger partial charge in [0, 0.05) is 12.8 Å². The summed E-state index contributed by atoms with van der Waals surface area (Å²) in [5.74, 6) is 0.00312. The zero-order valence-electron chi connectivity index (χ0n) is 63.8. The molecule has 0 saturated heterocycles. The number of unbranched alkanes of at least 4 members (excludes halogenated alkanes) is 70. The van der Waals surface area contributed by atoms with Crippen molar-refractivity contribution in [2.24, 2.45) is 0 Å². The first kappa shape index (κ1) is 91.6. The number of hydrogen-bond donors (Lipinski definition) is 3. The van der Waals surface area contributed by atoms with Gasteiger partial charge in [-0.2, -0.15) is 0 Å². The largest absolute Gasteiger partial charge is 0.466 e. The van der Waals surface area contributed by atoms with Crippen molar-refractivity contribution in [1.82, 2.24) is 5.32 Å². The first-order valence-electron chi connectivity index (χ1n) is 43.4. The Morgan fingerprint density at radius 3 is 0.763 bits per heavy atom. The van der Waals surface area contributed by atoms with E-state index in [1.807, 2.05) is 0 Å². The lowest BCUT2D eigenvalue weighted by Crippen LogP contribution is -2.45. The van der Waals surface area contributed by atoms with Crippen LogP contribution in [0.2, 0.25) is 0 Å². The average molecular weight is 1310 g/mol. The van der Waals surface area contributed by atoms with E-state index in [4.69, 9.17) is 4.74 Å². The Bertz CT molecular complexity index is 1420. The third kappa shape index (κ3) is 79.5. The van der Waals surface area contributed by atoms with Gasteiger partial charge in [-0.15, -0.1) is 0 Å². The van der Waals surface area contributed by atoms with Gasteiger partial charge in [-0.1, -0.05) is 456 Å². The molecule has 0 rings (SSSR count). The highest BCUT2D eigenvalue weighted by atomic mass is 16.5. The molecule has 0 aromatic heterocycles. The van der Waals surface area contributed by atoms with Crippen LogP contribution in [0.25, 0.3) is 0 Å². The number of aliphatic hydroxyl groups is 2. The molecule has 0 spiro atoms. The van der Waals surface area contributed by atoms with Crippen molar-refractivity contribution in [2.45, 2.75) is 520 Å². The molecule has 0 fully saturated rings. The Hall–Kier alpha value is -1.40. The summed E-state index contributed by atoms with van der Waals surface area (Å²) in [6.07, 6.45) is 106. The Balaban J connectivity index is 3.31. The number of esters is 1. The molecule has 554 valence electrons. The van der Waals surface area contributed by atoms with Crippen LogP contribution in [0.3, 0.4) is 0 Å². The lowest BCUT2D eigenvalue weighted by molar-refractivity contribution is -0.143. The number of carbonyl (C=O) groups is 2. The monoisotopic (exact) mass is 1310 g/mol. The number of ether oxygens (including phenoxy) is 1. The standard InChI is InChI=1S/C87H171NO5/c1-3-5-7-9-11-13-15-17-19-21-22-44-48-51-55-59-63-67-71-75-79-85(90)84(83-89)88-86(91)80-76-72-68-64-60-56-52-49-45-42-40-38-36-34-32-30-28-26-24-23-25-27-29-31-33-35-37-39-41-43-46-50-54-58-62-66-70-74-78-82-93-87(92)81-77-73-69-65-61-57-53-47-20-18-16-14-12-10-8-6-4-2/h23-24,84-85,89-90H,3-22,25-83H2,1-2H3,(H,88,91)/b24-23-. The highest BCUT2D eigenvalue weighted by Gasteiger charge is 2.20. The van der Waals surface area contributed by atoms with Gasteiger partial charge < -0.3 is 20.3 Å². The predicted octanol–water partition coefficient (Wildman–Crippen LogP) is 29.0. The number of hydrogen-bond acceptors (Lipinski definition) is 5. The second-order valence-corrected chi connectivity index (χ2v) is 30.2. The number of nitrogens with one attached hydrogen (secondary N) is 1. The van der Waals surface area contributed by atoms with E-state index >= 15 is 0 Å². The van der Waals surface area contributed by atoms with Crippen LogP contribution >= 0.6 is 0 Å². The predicted molar refractivity (Wildman–Crippen MR) is 412 cm³/mol. The highest BCUT2D eigenvalue weighted by molar-refractivity contribution is 5.76. The fourth-order valence-corrected chi connectivity index (χ4v) is 14.2. The molecular formula is C87H171NO5. The topological polar surface area (TPSA) is 95.9 Å². The first-order valence-corrected chi connectivity index (χ1v) is 43.4. The quantitative estimate of drug-likeness (QED) is 0.0320. The molecule has 2 unspecified atom stereocenters. The number of aliphatic hydroxyl groups excluding tert-OH is 2. The second-order valence-electron chi connectivity index (χ2n) is 30.2. The van der Waals surface area contributed by atoms with Crippen molar-refractivity contribution in [3.63, 3.8) is 0 Å². The van der Waals surface area contributed by atoms with Crippen LogP contribution in [0.4, 0.5) is 0 Å². The minimum atomic E-state index is -0.662. The van der Waals surface area contributed by atoms with Crippen LogP contribution < -0.4 is 5.32 Å². The number of rotatable bonds is 83. The summed E-state index contributed by atoms with van der Waals surface area (Å²) in [6, 6.07) is -0.538. The lowest BCUT2D eigenvalue weighted by Gasteiger charge is -2.22.